The third-order valence-corrected chi connectivity index (χ3v) is 4.60. The number of hydrogen-bond acceptors (Lipinski definition) is 5. The summed E-state index contributed by atoms with van der Waals surface area (Å²) in [6.45, 7) is 9.57. The van der Waals surface area contributed by atoms with Crippen molar-refractivity contribution in [2.24, 2.45) is 5.92 Å². The van der Waals surface area contributed by atoms with Gasteiger partial charge in [-0.25, -0.2) is 4.98 Å². The highest BCUT2D eigenvalue weighted by Gasteiger charge is 2.19. The van der Waals surface area contributed by atoms with Crippen molar-refractivity contribution in [1.29, 1.82) is 0 Å². The highest BCUT2D eigenvalue weighted by Crippen LogP contribution is 2.24. The molecule has 1 heterocycles. The zero-order chi connectivity index (χ0) is 18.6. The molecule has 0 fully saturated rings. The van der Waals surface area contributed by atoms with Crippen molar-refractivity contribution >= 4 is 29.1 Å². The van der Waals surface area contributed by atoms with Crippen LogP contribution in [0, 0.1) is 5.92 Å². The number of Topliss-reactive ketones (excluding diaryl/α,β-unsaturated/α-hetero) is 1. The molecule has 0 saturated heterocycles. The Morgan fingerprint density at radius 3 is 2.24 bits per heavy atom. The Morgan fingerprint density at radius 2 is 1.72 bits per heavy atom. The van der Waals surface area contributed by atoms with Crippen LogP contribution in [0.3, 0.4) is 0 Å². The van der Waals surface area contributed by atoms with E-state index in [-0.39, 0.29) is 28.8 Å². The molecule has 2 aromatic rings. The number of rotatable bonds is 7. The monoisotopic (exact) mass is 360 g/mol. The van der Waals surface area contributed by atoms with Crippen LogP contribution in [0.5, 0.6) is 0 Å². The third-order valence-electron chi connectivity index (χ3n) is 3.64. The number of nitrogens with zero attached hydrogens (tertiary/aromatic N) is 2. The van der Waals surface area contributed by atoms with Crippen molar-refractivity contribution in [3.8, 4) is 0 Å². The molecule has 2 rings (SSSR count). The molecule has 1 aromatic carbocycles. The fourth-order valence-corrected chi connectivity index (χ4v) is 2.83. The summed E-state index contributed by atoms with van der Waals surface area (Å²) in [6, 6.07) is 6.95. The topological polar surface area (TPSA) is 87.7 Å². The molecule has 0 aliphatic rings. The number of aromatic nitrogens is 3. The average molecular weight is 360 g/mol. The molecule has 134 valence electrons. The smallest absolute Gasteiger partial charge is 0.226 e. The molecule has 1 atom stereocenters. The predicted molar refractivity (Wildman–Crippen MR) is 100 cm³/mol. The number of nitrogens with one attached hydrogen (secondary N) is 2. The van der Waals surface area contributed by atoms with E-state index in [1.807, 2.05) is 34.6 Å². The molecule has 0 unspecified atom stereocenters. The van der Waals surface area contributed by atoms with Crippen molar-refractivity contribution in [2.75, 3.05) is 5.32 Å². The van der Waals surface area contributed by atoms with Gasteiger partial charge in [0, 0.05) is 23.1 Å². The minimum absolute atomic E-state index is 0.00244. The fourth-order valence-electron chi connectivity index (χ4n) is 2.02. The van der Waals surface area contributed by atoms with Gasteiger partial charge in [0.2, 0.25) is 11.1 Å². The van der Waals surface area contributed by atoms with Gasteiger partial charge in [-0.3, -0.25) is 14.7 Å². The number of carbonyl (C=O) groups excluding carboxylic acids is 2. The molecule has 0 bridgehead atoms. The van der Waals surface area contributed by atoms with Gasteiger partial charge in [-0.15, -0.1) is 5.10 Å². The van der Waals surface area contributed by atoms with Crippen molar-refractivity contribution in [1.82, 2.24) is 15.2 Å². The second-order valence-corrected chi connectivity index (χ2v) is 7.81. The number of ketones is 1. The number of carbonyl (C=O) groups is 2. The summed E-state index contributed by atoms with van der Waals surface area (Å²) in [4.78, 5) is 28.6. The van der Waals surface area contributed by atoms with Gasteiger partial charge >= 0.3 is 0 Å². The molecule has 1 amide bonds. The maximum Gasteiger partial charge on any atom is 0.226 e. The predicted octanol–water partition coefficient (Wildman–Crippen LogP) is 3.89. The van der Waals surface area contributed by atoms with E-state index in [1.165, 1.54) is 11.8 Å². The molecule has 0 aliphatic heterocycles. The highest BCUT2D eigenvalue weighted by molar-refractivity contribution is 8.00. The maximum atomic E-state index is 12.6. The summed E-state index contributed by atoms with van der Waals surface area (Å²) in [6.07, 6.45) is 0. The van der Waals surface area contributed by atoms with E-state index < -0.39 is 0 Å². The Hall–Kier alpha value is -2.15. The SMILES string of the molecule is CC(C)C(=O)Nc1ccc(C(=O)[C@@H](C)Sc2n[nH]c(C(C)C)n2)cc1. The molecule has 0 spiro atoms. The Kier molecular flexibility index (Phi) is 6.36. The summed E-state index contributed by atoms with van der Waals surface area (Å²) in [7, 11) is 0. The fraction of sp³-hybridized carbons (Fsp3) is 0.444. The lowest BCUT2D eigenvalue weighted by Crippen LogP contribution is -2.18. The molecular formula is C18H24N4O2S. The van der Waals surface area contributed by atoms with Gasteiger partial charge in [0.1, 0.15) is 5.82 Å². The van der Waals surface area contributed by atoms with Gasteiger partial charge < -0.3 is 5.32 Å². The molecule has 0 saturated carbocycles. The first kappa shape index (κ1) is 19.2. The van der Waals surface area contributed by atoms with Crippen LogP contribution in [0.2, 0.25) is 0 Å². The molecule has 0 radical (unpaired) electrons. The van der Waals surface area contributed by atoms with Crippen molar-refractivity contribution in [2.45, 2.75) is 50.9 Å². The van der Waals surface area contributed by atoms with Crippen LogP contribution in [0.4, 0.5) is 5.69 Å². The van der Waals surface area contributed by atoms with Crippen LogP contribution in [0.1, 0.15) is 56.7 Å². The van der Waals surface area contributed by atoms with E-state index in [0.717, 1.165) is 5.82 Å². The number of H-pyrrole nitrogens is 1. The lowest BCUT2D eigenvalue weighted by atomic mass is 10.1. The maximum absolute atomic E-state index is 12.6. The highest BCUT2D eigenvalue weighted by atomic mass is 32.2. The van der Waals surface area contributed by atoms with Crippen molar-refractivity contribution < 1.29 is 9.59 Å². The van der Waals surface area contributed by atoms with Gasteiger partial charge in [-0.2, -0.15) is 0 Å². The summed E-state index contributed by atoms with van der Waals surface area (Å²) >= 11 is 1.33. The minimum Gasteiger partial charge on any atom is -0.326 e. The molecule has 6 nitrogen and oxygen atoms in total. The van der Waals surface area contributed by atoms with Crippen molar-refractivity contribution in [3.05, 3.63) is 35.7 Å². The van der Waals surface area contributed by atoms with E-state index in [1.54, 1.807) is 24.3 Å². The number of hydrogen-bond donors (Lipinski definition) is 2. The Balaban J connectivity index is 2.00. The van der Waals surface area contributed by atoms with Gasteiger partial charge in [0.25, 0.3) is 0 Å². The number of anilines is 1. The first-order valence-corrected chi connectivity index (χ1v) is 9.20. The first-order valence-electron chi connectivity index (χ1n) is 8.32. The number of benzene rings is 1. The lowest BCUT2D eigenvalue weighted by molar-refractivity contribution is -0.118. The molecule has 0 aliphatic carbocycles. The Bertz CT molecular complexity index is 738. The van der Waals surface area contributed by atoms with E-state index in [0.29, 0.717) is 16.4 Å². The number of thioether (sulfide) groups is 1. The normalized spacial score (nSPS) is 12.4. The molecule has 2 N–H and O–H groups in total. The minimum atomic E-state index is -0.299. The second-order valence-electron chi connectivity index (χ2n) is 6.50. The van der Waals surface area contributed by atoms with E-state index in [2.05, 4.69) is 20.5 Å². The van der Waals surface area contributed by atoms with Crippen molar-refractivity contribution in [3.63, 3.8) is 0 Å². The summed E-state index contributed by atoms with van der Waals surface area (Å²) in [5, 5.41) is 10.1. The standard InChI is InChI=1S/C18H24N4O2S/c1-10(2)16-20-18(22-21-16)25-12(5)15(23)13-6-8-14(9-7-13)19-17(24)11(3)4/h6-12H,1-5H3,(H,19,24)(H,20,21,22)/t12-/m1/s1. The lowest BCUT2D eigenvalue weighted by Gasteiger charge is -2.10. The number of aromatic amines is 1. The average Bonchev–Trinajstić information content (AvgIpc) is 3.03. The Labute approximate surface area is 152 Å². The summed E-state index contributed by atoms with van der Waals surface area (Å²) in [5.74, 6) is 0.944. The molecule has 25 heavy (non-hydrogen) atoms. The molecular weight excluding hydrogens is 336 g/mol. The number of amides is 1. The van der Waals surface area contributed by atoms with Crippen LogP contribution in [-0.4, -0.2) is 32.1 Å². The van der Waals surface area contributed by atoms with Crippen LogP contribution in [0.25, 0.3) is 0 Å². The molecule has 7 heteroatoms. The van der Waals surface area contributed by atoms with Gasteiger partial charge in [0.15, 0.2) is 5.78 Å². The van der Waals surface area contributed by atoms with Crippen LogP contribution in [-0.2, 0) is 4.79 Å². The summed E-state index contributed by atoms with van der Waals surface area (Å²) in [5.41, 5.74) is 1.29. The van der Waals surface area contributed by atoms with E-state index >= 15 is 0 Å². The van der Waals surface area contributed by atoms with Crippen LogP contribution < -0.4 is 5.32 Å². The van der Waals surface area contributed by atoms with Crippen LogP contribution >= 0.6 is 11.8 Å². The van der Waals surface area contributed by atoms with Crippen LogP contribution in [0.15, 0.2) is 29.4 Å². The second kappa shape index (κ2) is 8.29. The Morgan fingerprint density at radius 1 is 1.08 bits per heavy atom. The van der Waals surface area contributed by atoms with Gasteiger partial charge in [-0.1, -0.05) is 39.5 Å². The van der Waals surface area contributed by atoms with E-state index in [9.17, 15) is 9.59 Å². The van der Waals surface area contributed by atoms with Gasteiger partial charge in [-0.05, 0) is 31.2 Å². The zero-order valence-electron chi connectivity index (χ0n) is 15.2. The molecule has 1 aromatic heterocycles. The van der Waals surface area contributed by atoms with E-state index in [4.69, 9.17) is 0 Å². The van der Waals surface area contributed by atoms with Gasteiger partial charge in [0.05, 0.1) is 5.25 Å². The first-order chi connectivity index (χ1) is 11.8. The summed E-state index contributed by atoms with van der Waals surface area (Å²) < 4.78 is 0. The quantitative estimate of drug-likeness (QED) is 0.578. The zero-order valence-corrected chi connectivity index (χ0v) is 16.0. The largest absolute Gasteiger partial charge is 0.326 e. The third kappa shape index (κ3) is 5.16.